The van der Waals surface area contributed by atoms with E-state index in [9.17, 15) is 14.7 Å². The average molecular weight is 326 g/mol. The van der Waals surface area contributed by atoms with Gasteiger partial charge in [-0.15, -0.1) is 0 Å². The molecule has 1 aromatic carbocycles. The summed E-state index contributed by atoms with van der Waals surface area (Å²) in [6.45, 7) is 0.490. The van der Waals surface area contributed by atoms with Gasteiger partial charge in [-0.3, -0.25) is 9.69 Å². The summed E-state index contributed by atoms with van der Waals surface area (Å²) in [5.74, 6) is 0.284. The summed E-state index contributed by atoms with van der Waals surface area (Å²) in [6.07, 6.45) is 3.47. The molecule has 0 bridgehead atoms. The van der Waals surface area contributed by atoms with Crippen molar-refractivity contribution < 1.29 is 45.7 Å². The van der Waals surface area contributed by atoms with E-state index in [-0.39, 0.29) is 42.9 Å². The van der Waals surface area contributed by atoms with E-state index in [4.69, 9.17) is 0 Å². The molecule has 2 fully saturated rings. The second-order valence-electron chi connectivity index (χ2n) is 6.30. The number of carbonyl (C=O) groups is 2. The molecule has 1 saturated carbocycles. The third-order valence-corrected chi connectivity index (χ3v) is 4.57. The van der Waals surface area contributed by atoms with Crippen molar-refractivity contribution in [2.45, 2.75) is 44.2 Å². The van der Waals surface area contributed by atoms with Crippen LogP contribution in [0.25, 0.3) is 0 Å². The number of carbonyl (C=O) groups excluding carboxylic acids is 1. The van der Waals surface area contributed by atoms with Crippen LogP contribution in [0.5, 0.6) is 0 Å². The van der Waals surface area contributed by atoms with Gasteiger partial charge in [0.2, 0.25) is 5.91 Å². The Morgan fingerprint density at radius 1 is 1.22 bits per heavy atom. The van der Waals surface area contributed by atoms with Crippen molar-refractivity contribution in [2.75, 3.05) is 6.54 Å². The number of hydrogen-bond donors (Lipinski definition) is 2. The Morgan fingerprint density at radius 3 is 2.52 bits per heavy atom. The Labute approximate surface area is 160 Å². The Balaban J connectivity index is 0.00000144. The van der Waals surface area contributed by atoms with E-state index < -0.39 is 12.1 Å². The normalized spacial score (nSPS) is 24.1. The van der Waals surface area contributed by atoms with E-state index >= 15 is 0 Å². The van der Waals surface area contributed by atoms with Gasteiger partial charge < -0.3 is 11.8 Å². The maximum atomic E-state index is 12.5. The van der Waals surface area contributed by atoms with Crippen molar-refractivity contribution in [2.24, 2.45) is 5.92 Å². The summed E-state index contributed by atoms with van der Waals surface area (Å²) in [7, 11) is 0. The van der Waals surface area contributed by atoms with Crippen LogP contribution in [0.3, 0.4) is 0 Å². The van der Waals surface area contributed by atoms with Gasteiger partial charge in [-0.1, -0.05) is 30.3 Å². The smallest absolute Gasteiger partial charge is 1.00 e. The fourth-order valence-corrected chi connectivity index (χ4v) is 3.14. The fraction of sp³-hybridized carbons (Fsp3) is 0.529. The molecule has 2 atom stereocenters. The molecule has 2 amide bonds. The SMILES string of the molecule is O=C1N[C@H](c2ccccc2)CCC[C@@H]1N(CC1CC1)C(=O)O.[H-].[Na+]. The molecule has 2 N–H and O–H groups in total. The van der Waals surface area contributed by atoms with Gasteiger partial charge in [0.15, 0.2) is 0 Å². The first-order valence-electron chi connectivity index (χ1n) is 8.00. The van der Waals surface area contributed by atoms with Crippen LogP contribution in [0.15, 0.2) is 30.3 Å². The first-order chi connectivity index (χ1) is 10.6. The monoisotopic (exact) mass is 326 g/mol. The van der Waals surface area contributed by atoms with E-state index in [1.165, 1.54) is 4.90 Å². The van der Waals surface area contributed by atoms with Crippen molar-refractivity contribution in [3.63, 3.8) is 0 Å². The van der Waals surface area contributed by atoms with E-state index in [0.29, 0.717) is 18.9 Å². The van der Waals surface area contributed by atoms with Gasteiger partial charge in [-0.2, -0.15) is 0 Å². The van der Waals surface area contributed by atoms with E-state index in [1.54, 1.807) is 0 Å². The minimum absolute atomic E-state index is 0. The maximum Gasteiger partial charge on any atom is 1.00 e. The molecule has 6 heteroatoms. The molecule has 5 nitrogen and oxygen atoms in total. The van der Waals surface area contributed by atoms with Gasteiger partial charge in [0.05, 0.1) is 6.04 Å². The number of amides is 2. The summed E-state index contributed by atoms with van der Waals surface area (Å²) < 4.78 is 0. The fourth-order valence-electron chi connectivity index (χ4n) is 3.14. The molecule has 120 valence electrons. The van der Waals surface area contributed by atoms with Crippen LogP contribution in [-0.4, -0.2) is 34.6 Å². The van der Waals surface area contributed by atoms with Gasteiger partial charge in [-0.25, -0.2) is 4.79 Å². The minimum atomic E-state index is -0.981. The second-order valence-corrected chi connectivity index (χ2v) is 6.30. The molecule has 2 aliphatic rings. The van der Waals surface area contributed by atoms with Crippen molar-refractivity contribution in [3.05, 3.63) is 35.9 Å². The van der Waals surface area contributed by atoms with Crippen LogP contribution in [-0.2, 0) is 4.79 Å². The van der Waals surface area contributed by atoms with Crippen LogP contribution < -0.4 is 34.9 Å². The largest absolute Gasteiger partial charge is 1.00 e. The standard InChI is InChI=1S/C17H22N2O3.Na.H/c20-16-15(19(17(21)22)11-12-9-10-12)8-4-7-14(18-16)13-5-2-1-3-6-13;;/h1-3,5-6,12,14-15H,4,7-11H2,(H,18,20)(H,21,22);;/q;+1;-1/t14-,15-;;/m0../s1. The zero-order valence-electron chi connectivity index (χ0n) is 14.6. The maximum absolute atomic E-state index is 12.5. The number of hydrogen-bond acceptors (Lipinski definition) is 2. The zero-order valence-corrected chi connectivity index (χ0v) is 15.6. The Kier molecular flexibility index (Phi) is 6.50. The Hall–Kier alpha value is -1.04. The molecule has 0 radical (unpaired) electrons. The molecule has 1 saturated heterocycles. The minimum Gasteiger partial charge on any atom is -1.00 e. The van der Waals surface area contributed by atoms with Crippen LogP contribution in [0, 0.1) is 5.92 Å². The molecule has 3 rings (SSSR count). The van der Waals surface area contributed by atoms with Crippen molar-refractivity contribution in [3.8, 4) is 0 Å². The number of benzene rings is 1. The average Bonchev–Trinajstić information content (AvgIpc) is 3.33. The van der Waals surface area contributed by atoms with E-state index in [2.05, 4.69) is 5.32 Å². The molecule has 1 aliphatic carbocycles. The van der Waals surface area contributed by atoms with Gasteiger partial charge >= 0.3 is 35.7 Å². The first kappa shape index (κ1) is 18.3. The third-order valence-electron chi connectivity index (χ3n) is 4.57. The molecule has 0 aromatic heterocycles. The molecule has 1 aromatic rings. The molecule has 0 unspecified atom stereocenters. The predicted octanol–water partition coefficient (Wildman–Crippen LogP) is -0.0971. The van der Waals surface area contributed by atoms with Crippen LogP contribution >= 0.6 is 0 Å². The van der Waals surface area contributed by atoms with Crippen molar-refractivity contribution >= 4 is 12.0 Å². The number of rotatable bonds is 4. The quantitative estimate of drug-likeness (QED) is 0.760. The summed E-state index contributed by atoms with van der Waals surface area (Å²) in [5, 5.41) is 12.5. The predicted molar refractivity (Wildman–Crippen MR) is 83.5 cm³/mol. The summed E-state index contributed by atoms with van der Waals surface area (Å²) in [6, 6.07) is 9.31. The van der Waals surface area contributed by atoms with Gasteiger partial charge in [0.1, 0.15) is 6.04 Å². The molecule has 1 heterocycles. The van der Waals surface area contributed by atoms with E-state index in [0.717, 1.165) is 31.2 Å². The molecule has 23 heavy (non-hydrogen) atoms. The van der Waals surface area contributed by atoms with Gasteiger partial charge in [0, 0.05) is 6.54 Å². The topological polar surface area (TPSA) is 69.6 Å². The molecular formula is C17H23N2NaO3. The Morgan fingerprint density at radius 2 is 1.91 bits per heavy atom. The number of carboxylic acid groups (broad SMARTS) is 1. The Bertz CT molecular complexity index is 554. The zero-order chi connectivity index (χ0) is 15.5. The number of nitrogens with zero attached hydrogens (tertiary/aromatic N) is 1. The third kappa shape index (κ3) is 4.72. The summed E-state index contributed by atoms with van der Waals surface area (Å²) in [4.78, 5) is 25.4. The number of nitrogens with one attached hydrogen (secondary N) is 1. The van der Waals surface area contributed by atoms with Crippen molar-refractivity contribution in [1.29, 1.82) is 0 Å². The van der Waals surface area contributed by atoms with Gasteiger partial charge in [0.25, 0.3) is 0 Å². The molecule has 0 spiro atoms. The van der Waals surface area contributed by atoms with Crippen LogP contribution in [0.4, 0.5) is 4.79 Å². The molecular weight excluding hydrogens is 303 g/mol. The second kappa shape index (κ2) is 8.18. The van der Waals surface area contributed by atoms with Crippen LogP contribution in [0.2, 0.25) is 0 Å². The van der Waals surface area contributed by atoms with Crippen molar-refractivity contribution in [1.82, 2.24) is 10.2 Å². The van der Waals surface area contributed by atoms with E-state index in [1.807, 2.05) is 30.3 Å². The van der Waals surface area contributed by atoms with Crippen LogP contribution in [0.1, 0.15) is 45.1 Å². The molecule has 1 aliphatic heterocycles. The van der Waals surface area contributed by atoms with Gasteiger partial charge in [-0.05, 0) is 43.6 Å². The summed E-state index contributed by atoms with van der Waals surface area (Å²) >= 11 is 0. The summed E-state index contributed by atoms with van der Waals surface area (Å²) in [5.41, 5.74) is 1.08. The first-order valence-corrected chi connectivity index (χ1v) is 8.00.